The molecule has 0 saturated heterocycles. The van der Waals surface area contributed by atoms with E-state index in [0.717, 1.165) is 70.1 Å². The van der Waals surface area contributed by atoms with Gasteiger partial charge in [0.25, 0.3) is 20.2 Å². The Kier molecular flexibility index (Phi) is 15.6. The minimum absolute atomic E-state index is 0.00825. The van der Waals surface area contributed by atoms with E-state index in [0.29, 0.717) is 58.2 Å². The summed E-state index contributed by atoms with van der Waals surface area (Å²) < 4.78 is 73.4. The van der Waals surface area contributed by atoms with Crippen LogP contribution in [0.3, 0.4) is 0 Å². The van der Waals surface area contributed by atoms with E-state index >= 15 is 0 Å². The number of rotatable bonds is 22. The molecule has 0 unspecified atom stereocenters. The van der Waals surface area contributed by atoms with Crippen LogP contribution in [0.1, 0.15) is 116 Å². The van der Waals surface area contributed by atoms with Crippen molar-refractivity contribution in [3.8, 4) is 0 Å². The standard InChI is InChI=1S/C46H60N2O10S2/c1-45(2)37-20-5-7-22-39(37)47(29-9-11-32-59(52,53)54)41(45)27-25-34-16-13-17-35(44(34)58-31-15-19-36(49)18-14-24-43(50)51)26-28-42-46(3,4)38-21-6-8-23-40(38)48(42)30-10-12-33-60(55,56)57/h5-8,20-23,25-28H,9-19,24,29-33H2,1-4H3,(H2-,50,51,52,53,54,55,56,57)/p+1. The second-order valence-electron chi connectivity index (χ2n) is 17.0. The van der Waals surface area contributed by atoms with Gasteiger partial charge in [0.05, 0.1) is 23.5 Å². The topological polar surface area (TPSA) is 179 Å². The van der Waals surface area contributed by atoms with E-state index < -0.39 is 26.2 Å². The molecule has 0 fully saturated rings. The number of hydrogen-bond acceptors (Lipinski definition) is 8. The molecule has 0 aromatic heterocycles. The number of Topliss-reactive ketones (excluding diaryl/α,β-unsaturated/α-hetero) is 1. The van der Waals surface area contributed by atoms with Crippen molar-refractivity contribution >= 4 is 49.1 Å². The Bertz CT molecular complexity index is 2300. The molecule has 12 nitrogen and oxygen atoms in total. The molecule has 0 bridgehead atoms. The maximum absolute atomic E-state index is 12.6. The number of carbonyl (C=O) groups is 2. The van der Waals surface area contributed by atoms with E-state index in [9.17, 15) is 35.5 Å². The Labute approximate surface area is 355 Å². The van der Waals surface area contributed by atoms with Gasteiger partial charge in [-0.15, -0.1) is 0 Å². The van der Waals surface area contributed by atoms with Gasteiger partial charge in [-0.05, 0) is 100 Å². The van der Waals surface area contributed by atoms with Crippen LogP contribution in [0.4, 0.5) is 11.4 Å². The molecular formula is C46H61N2O10S2+. The van der Waals surface area contributed by atoms with Gasteiger partial charge in [0.1, 0.15) is 18.1 Å². The Balaban J connectivity index is 1.50. The SMILES string of the molecule is CC1(C)C(/C=C/C2=C(OCCCC(=O)CCCC(=O)O)C(=C/C=C3/N(CCCCS(=O)(=O)O)c4ccccc4C3(C)C)/CCC2)=[N+](CCCCS(=O)(=O)O)c2ccccc21. The fourth-order valence-electron chi connectivity index (χ4n) is 8.64. The highest BCUT2D eigenvalue weighted by Crippen LogP contribution is 2.48. The molecule has 2 aliphatic heterocycles. The first-order valence-corrected chi connectivity index (χ1v) is 24.2. The van der Waals surface area contributed by atoms with Crippen molar-refractivity contribution in [2.75, 3.05) is 36.1 Å². The zero-order chi connectivity index (χ0) is 43.7. The maximum atomic E-state index is 12.6. The molecule has 5 rings (SSSR count). The molecule has 326 valence electrons. The summed E-state index contributed by atoms with van der Waals surface area (Å²) in [6.45, 7) is 10.2. The van der Waals surface area contributed by atoms with E-state index in [1.807, 2.05) is 24.3 Å². The largest absolute Gasteiger partial charge is 0.493 e. The molecule has 3 N–H and O–H groups in total. The maximum Gasteiger partial charge on any atom is 0.303 e. The number of nitrogens with zero attached hydrogens (tertiary/aromatic N) is 2. The lowest BCUT2D eigenvalue weighted by Gasteiger charge is -2.27. The molecule has 3 aliphatic rings. The minimum atomic E-state index is -4.06. The van der Waals surface area contributed by atoms with Crippen LogP contribution in [0.25, 0.3) is 0 Å². The summed E-state index contributed by atoms with van der Waals surface area (Å²) in [4.78, 5) is 25.8. The van der Waals surface area contributed by atoms with Crippen LogP contribution in [0.2, 0.25) is 0 Å². The number of carboxylic acid groups (broad SMARTS) is 1. The van der Waals surface area contributed by atoms with Gasteiger partial charge in [-0.1, -0.05) is 56.3 Å². The van der Waals surface area contributed by atoms with Gasteiger partial charge < -0.3 is 14.7 Å². The molecule has 0 saturated carbocycles. The van der Waals surface area contributed by atoms with Crippen LogP contribution in [-0.4, -0.2) is 84.3 Å². The molecule has 2 aromatic rings. The van der Waals surface area contributed by atoms with Crippen molar-refractivity contribution in [2.24, 2.45) is 0 Å². The first-order valence-electron chi connectivity index (χ1n) is 21.0. The number of aliphatic carboxylic acids is 1. The summed E-state index contributed by atoms with van der Waals surface area (Å²) in [5, 5.41) is 8.97. The second kappa shape index (κ2) is 20.0. The molecule has 60 heavy (non-hydrogen) atoms. The summed E-state index contributed by atoms with van der Waals surface area (Å²) in [5.41, 5.74) is 7.88. The number of para-hydroxylation sites is 2. The van der Waals surface area contributed by atoms with E-state index in [4.69, 9.17) is 9.84 Å². The van der Waals surface area contributed by atoms with Crippen molar-refractivity contribution < 1.29 is 49.9 Å². The number of unbranched alkanes of at least 4 members (excludes halogenated alkanes) is 2. The summed E-state index contributed by atoms with van der Waals surface area (Å²) in [7, 11) is -8.12. The van der Waals surface area contributed by atoms with Gasteiger partial charge >= 0.3 is 5.97 Å². The minimum Gasteiger partial charge on any atom is -0.493 e. The first-order chi connectivity index (χ1) is 28.3. The quantitative estimate of drug-likeness (QED) is 0.0586. The van der Waals surface area contributed by atoms with E-state index in [1.54, 1.807) is 0 Å². The van der Waals surface area contributed by atoms with Crippen LogP contribution in [0.5, 0.6) is 0 Å². The molecular weight excluding hydrogens is 805 g/mol. The third kappa shape index (κ3) is 12.1. The first kappa shape index (κ1) is 46.7. The van der Waals surface area contributed by atoms with Gasteiger partial charge in [0, 0.05) is 66.7 Å². The fourth-order valence-corrected chi connectivity index (χ4v) is 9.78. The Morgan fingerprint density at radius 3 is 2.12 bits per heavy atom. The molecule has 0 spiro atoms. The predicted molar refractivity (Wildman–Crippen MR) is 235 cm³/mol. The van der Waals surface area contributed by atoms with Gasteiger partial charge in [-0.2, -0.15) is 21.4 Å². The van der Waals surface area contributed by atoms with Crippen LogP contribution < -0.4 is 4.90 Å². The number of carboxylic acids is 1. The van der Waals surface area contributed by atoms with Gasteiger partial charge in [0.15, 0.2) is 5.71 Å². The molecule has 0 atom stereocenters. The normalized spacial score (nSPS) is 18.8. The zero-order valence-corrected chi connectivity index (χ0v) is 37.0. The third-order valence-electron chi connectivity index (χ3n) is 11.7. The summed E-state index contributed by atoms with van der Waals surface area (Å²) in [5.74, 6) is -0.736. The number of benzene rings is 2. The average molecular weight is 866 g/mol. The van der Waals surface area contributed by atoms with Crippen molar-refractivity contribution in [1.82, 2.24) is 0 Å². The molecule has 1 aliphatic carbocycles. The van der Waals surface area contributed by atoms with Gasteiger partial charge in [-0.3, -0.25) is 18.7 Å². The number of fused-ring (bicyclic) bond motifs is 2. The fraction of sp³-hybridized carbons (Fsp3) is 0.500. The number of hydrogen-bond donors (Lipinski definition) is 3. The number of carbonyl (C=O) groups excluding carboxylic acids is 1. The lowest BCUT2D eigenvalue weighted by Crippen LogP contribution is -2.28. The molecule has 14 heteroatoms. The van der Waals surface area contributed by atoms with Crippen molar-refractivity contribution in [3.05, 3.63) is 107 Å². The monoisotopic (exact) mass is 865 g/mol. The molecule has 0 amide bonds. The zero-order valence-electron chi connectivity index (χ0n) is 35.4. The van der Waals surface area contributed by atoms with Crippen molar-refractivity contribution in [2.45, 2.75) is 116 Å². The Morgan fingerprint density at radius 2 is 1.42 bits per heavy atom. The van der Waals surface area contributed by atoms with E-state index in [1.165, 1.54) is 0 Å². The van der Waals surface area contributed by atoms with E-state index in [-0.39, 0.29) is 47.4 Å². The highest BCUT2D eigenvalue weighted by molar-refractivity contribution is 7.86. The van der Waals surface area contributed by atoms with Crippen LogP contribution in [0, 0.1) is 0 Å². The van der Waals surface area contributed by atoms with Gasteiger partial charge in [-0.25, -0.2) is 0 Å². The molecule has 2 heterocycles. The summed E-state index contributed by atoms with van der Waals surface area (Å²) >= 11 is 0. The van der Waals surface area contributed by atoms with Crippen molar-refractivity contribution in [3.63, 3.8) is 0 Å². The van der Waals surface area contributed by atoms with Crippen LogP contribution in [-0.2, 0) is 45.4 Å². The number of ether oxygens (including phenoxy) is 1. The summed E-state index contributed by atoms with van der Waals surface area (Å²) in [6.07, 6.45) is 14.0. The predicted octanol–water partition coefficient (Wildman–Crippen LogP) is 8.62. The van der Waals surface area contributed by atoms with E-state index in [2.05, 4.69) is 85.7 Å². The highest BCUT2D eigenvalue weighted by atomic mass is 32.2. The number of ketones is 1. The lowest BCUT2D eigenvalue weighted by atomic mass is 9.81. The molecule has 0 radical (unpaired) electrons. The lowest BCUT2D eigenvalue weighted by molar-refractivity contribution is -0.438. The Morgan fingerprint density at radius 1 is 0.767 bits per heavy atom. The third-order valence-corrected chi connectivity index (χ3v) is 13.3. The number of allylic oxidation sites excluding steroid dienone is 7. The van der Waals surface area contributed by atoms with Crippen LogP contribution in [0.15, 0.2) is 95.4 Å². The average Bonchev–Trinajstić information content (AvgIpc) is 3.52. The van der Waals surface area contributed by atoms with Crippen LogP contribution >= 0.6 is 0 Å². The highest BCUT2D eigenvalue weighted by Gasteiger charge is 2.44. The molecule has 2 aromatic carbocycles. The van der Waals surface area contributed by atoms with Gasteiger partial charge in [0.2, 0.25) is 5.69 Å². The smallest absolute Gasteiger partial charge is 0.303 e. The second-order valence-corrected chi connectivity index (χ2v) is 20.1. The summed E-state index contributed by atoms with van der Waals surface area (Å²) in [6, 6.07) is 16.4. The van der Waals surface area contributed by atoms with Crippen molar-refractivity contribution in [1.29, 1.82) is 0 Å². The Hall–Kier alpha value is -4.37. The number of anilines is 1.